The van der Waals surface area contributed by atoms with Gasteiger partial charge in [0.05, 0.1) is 11.9 Å². The van der Waals surface area contributed by atoms with Gasteiger partial charge in [-0.2, -0.15) is 0 Å². The van der Waals surface area contributed by atoms with E-state index in [1.54, 1.807) is 0 Å². The molecule has 110 valence electrons. The number of nitrogens with zero attached hydrogens (tertiary/aromatic N) is 2. The molecule has 3 nitrogen and oxygen atoms in total. The van der Waals surface area contributed by atoms with E-state index in [1.165, 1.54) is 30.5 Å². The Morgan fingerprint density at radius 2 is 2.00 bits per heavy atom. The normalized spacial score (nSPS) is 14.2. The van der Waals surface area contributed by atoms with Gasteiger partial charge in [-0.15, -0.1) is 0 Å². The largest absolute Gasteiger partial charge is 0.369 e. The number of anilines is 1. The van der Waals surface area contributed by atoms with E-state index in [1.807, 2.05) is 31.6 Å². The van der Waals surface area contributed by atoms with Crippen LogP contribution in [0.25, 0.3) is 0 Å². The molecule has 2 aromatic rings. The molecule has 0 unspecified atom stereocenters. The molecule has 1 aliphatic rings. The Balaban J connectivity index is 1.70. The molecule has 0 aliphatic heterocycles. The van der Waals surface area contributed by atoms with Gasteiger partial charge in [0.25, 0.3) is 0 Å². The Kier molecular flexibility index (Phi) is 4.15. The lowest BCUT2D eigenvalue weighted by Crippen LogP contribution is -2.21. The lowest BCUT2D eigenvalue weighted by atomic mass is 10.1. The highest BCUT2D eigenvalue weighted by molar-refractivity contribution is 5.51. The number of nitrogens with one attached hydrogen (secondary N) is 1. The summed E-state index contributed by atoms with van der Waals surface area (Å²) >= 11 is 0. The van der Waals surface area contributed by atoms with Crippen molar-refractivity contribution in [3.8, 4) is 0 Å². The predicted octanol–water partition coefficient (Wildman–Crippen LogP) is 3.11. The van der Waals surface area contributed by atoms with Crippen LogP contribution in [-0.2, 0) is 13.1 Å². The van der Waals surface area contributed by atoms with Crippen LogP contribution < -0.4 is 10.2 Å². The van der Waals surface area contributed by atoms with E-state index in [0.717, 1.165) is 24.3 Å². The van der Waals surface area contributed by atoms with E-state index in [0.29, 0.717) is 6.04 Å². The van der Waals surface area contributed by atoms with Gasteiger partial charge in [0.2, 0.25) is 0 Å². The summed E-state index contributed by atoms with van der Waals surface area (Å²) in [5.74, 6) is -0.197. The van der Waals surface area contributed by atoms with Crippen molar-refractivity contribution in [2.24, 2.45) is 0 Å². The van der Waals surface area contributed by atoms with Gasteiger partial charge >= 0.3 is 0 Å². The van der Waals surface area contributed by atoms with Gasteiger partial charge in [0.1, 0.15) is 5.82 Å². The van der Waals surface area contributed by atoms with E-state index in [4.69, 9.17) is 0 Å². The highest BCUT2D eigenvalue weighted by atomic mass is 19.1. The quantitative estimate of drug-likeness (QED) is 0.884. The van der Waals surface area contributed by atoms with Gasteiger partial charge in [-0.3, -0.25) is 4.98 Å². The van der Waals surface area contributed by atoms with Crippen LogP contribution >= 0.6 is 0 Å². The highest BCUT2D eigenvalue weighted by Crippen LogP contribution is 2.23. The molecule has 0 bridgehead atoms. The van der Waals surface area contributed by atoms with E-state index >= 15 is 0 Å². The maximum atomic E-state index is 13.0. The first-order chi connectivity index (χ1) is 10.2. The monoisotopic (exact) mass is 285 g/mol. The van der Waals surface area contributed by atoms with Crippen LogP contribution in [0.1, 0.15) is 24.0 Å². The van der Waals surface area contributed by atoms with Gasteiger partial charge in [-0.05, 0) is 42.2 Å². The molecule has 0 saturated heterocycles. The Bertz CT molecular complexity index is 593. The van der Waals surface area contributed by atoms with Crippen LogP contribution in [0.2, 0.25) is 0 Å². The lowest BCUT2D eigenvalue weighted by molar-refractivity contribution is 0.627. The average Bonchev–Trinajstić information content (AvgIpc) is 3.32. The molecule has 1 aromatic carbocycles. The minimum absolute atomic E-state index is 0.197. The molecule has 0 spiro atoms. The number of pyridine rings is 1. The second-order valence-electron chi connectivity index (χ2n) is 5.64. The second-order valence-corrected chi connectivity index (χ2v) is 5.64. The minimum atomic E-state index is -0.197. The van der Waals surface area contributed by atoms with Crippen molar-refractivity contribution < 1.29 is 4.39 Å². The smallest absolute Gasteiger partial charge is 0.123 e. The molecular formula is C17H20FN3. The fourth-order valence-corrected chi connectivity index (χ4v) is 2.40. The van der Waals surface area contributed by atoms with Gasteiger partial charge < -0.3 is 10.2 Å². The molecule has 1 heterocycles. The molecule has 0 atom stereocenters. The van der Waals surface area contributed by atoms with Crippen molar-refractivity contribution in [1.29, 1.82) is 0 Å². The second kappa shape index (κ2) is 6.22. The minimum Gasteiger partial charge on any atom is -0.369 e. The summed E-state index contributed by atoms with van der Waals surface area (Å²) < 4.78 is 13.0. The first-order valence-electron chi connectivity index (χ1n) is 7.34. The van der Waals surface area contributed by atoms with Crippen LogP contribution in [0.4, 0.5) is 10.1 Å². The van der Waals surface area contributed by atoms with E-state index in [9.17, 15) is 4.39 Å². The third-order valence-corrected chi connectivity index (χ3v) is 3.79. The number of halogens is 1. The predicted molar refractivity (Wildman–Crippen MR) is 82.6 cm³/mol. The van der Waals surface area contributed by atoms with E-state index < -0.39 is 0 Å². The molecule has 4 heteroatoms. The van der Waals surface area contributed by atoms with Crippen molar-refractivity contribution >= 4 is 5.69 Å². The highest BCUT2D eigenvalue weighted by Gasteiger charge is 2.20. The van der Waals surface area contributed by atoms with Crippen molar-refractivity contribution in [2.45, 2.75) is 32.0 Å². The van der Waals surface area contributed by atoms with E-state index in [-0.39, 0.29) is 5.82 Å². The van der Waals surface area contributed by atoms with Crippen molar-refractivity contribution in [3.05, 3.63) is 59.7 Å². The van der Waals surface area contributed by atoms with Crippen molar-refractivity contribution in [1.82, 2.24) is 10.3 Å². The Morgan fingerprint density at radius 1 is 1.24 bits per heavy atom. The van der Waals surface area contributed by atoms with Crippen molar-refractivity contribution in [3.63, 3.8) is 0 Å². The summed E-state index contributed by atoms with van der Waals surface area (Å²) in [6.45, 7) is 1.61. The molecule has 0 amide bonds. The Morgan fingerprint density at radius 3 is 2.71 bits per heavy atom. The fourth-order valence-electron chi connectivity index (χ4n) is 2.40. The Labute approximate surface area is 124 Å². The average molecular weight is 285 g/mol. The van der Waals surface area contributed by atoms with E-state index in [2.05, 4.69) is 21.3 Å². The molecular weight excluding hydrogens is 265 g/mol. The maximum absolute atomic E-state index is 13.0. The number of benzene rings is 1. The molecule has 21 heavy (non-hydrogen) atoms. The molecule has 0 radical (unpaired) electrons. The molecule has 1 aromatic heterocycles. The molecule has 1 aliphatic carbocycles. The zero-order valence-electron chi connectivity index (χ0n) is 12.2. The molecule has 3 rings (SSSR count). The molecule has 1 fully saturated rings. The maximum Gasteiger partial charge on any atom is 0.123 e. The van der Waals surface area contributed by atoms with Gasteiger partial charge in [0.15, 0.2) is 0 Å². The summed E-state index contributed by atoms with van der Waals surface area (Å²) in [7, 11) is 2.04. The van der Waals surface area contributed by atoms with Crippen LogP contribution in [0.15, 0.2) is 42.7 Å². The summed E-state index contributed by atoms with van der Waals surface area (Å²) in [4.78, 5) is 6.39. The standard InChI is InChI=1S/C17H20FN3/c1-21(12-13-2-4-15(18)5-3-13)17-11-19-9-8-14(17)10-20-16-6-7-16/h2-5,8-9,11,16,20H,6-7,10,12H2,1H3. The zero-order chi connectivity index (χ0) is 14.7. The summed E-state index contributed by atoms with van der Waals surface area (Å²) in [6, 6.07) is 9.40. The number of rotatable bonds is 6. The van der Waals surface area contributed by atoms with Crippen molar-refractivity contribution in [2.75, 3.05) is 11.9 Å². The lowest BCUT2D eigenvalue weighted by Gasteiger charge is -2.22. The topological polar surface area (TPSA) is 28.2 Å². The molecule has 1 N–H and O–H groups in total. The number of hydrogen-bond acceptors (Lipinski definition) is 3. The third-order valence-electron chi connectivity index (χ3n) is 3.79. The van der Waals surface area contributed by atoms with Gasteiger partial charge in [-0.1, -0.05) is 12.1 Å². The number of hydrogen-bond donors (Lipinski definition) is 1. The van der Waals surface area contributed by atoms with Crippen LogP contribution in [0, 0.1) is 5.82 Å². The first-order valence-corrected chi connectivity index (χ1v) is 7.34. The Hall–Kier alpha value is -1.94. The summed E-state index contributed by atoms with van der Waals surface area (Å²) in [5.41, 5.74) is 3.46. The zero-order valence-corrected chi connectivity index (χ0v) is 12.2. The summed E-state index contributed by atoms with van der Waals surface area (Å²) in [5, 5.41) is 3.54. The SMILES string of the molecule is CN(Cc1ccc(F)cc1)c1cnccc1CNC1CC1. The molecule has 1 saturated carbocycles. The van der Waals surface area contributed by atoms with Crippen LogP contribution in [0.3, 0.4) is 0 Å². The van der Waals surface area contributed by atoms with Crippen LogP contribution in [0.5, 0.6) is 0 Å². The number of aromatic nitrogens is 1. The summed E-state index contributed by atoms with van der Waals surface area (Å²) in [6.07, 6.45) is 6.30. The first kappa shape index (κ1) is 14.0. The third kappa shape index (κ3) is 3.79. The van der Waals surface area contributed by atoms with Gasteiger partial charge in [-0.25, -0.2) is 4.39 Å². The van der Waals surface area contributed by atoms with Gasteiger partial charge in [0, 0.05) is 32.4 Å². The fraction of sp³-hybridized carbons (Fsp3) is 0.353. The van der Waals surface area contributed by atoms with Crippen LogP contribution in [-0.4, -0.2) is 18.1 Å².